The highest BCUT2D eigenvalue weighted by Gasteiger charge is 2.22. The minimum absolute atomic E-state index is 0. The zero-order valence-corrected chi connectivity index (χ0v) is 12.4. The summed E-state index contributed by atoms with van der Waals surface area (Å²) in [5.74, 6) is 0.649. The van der Waals surface area contributed by atoms with Gasteiger partial charge in [0.25, 0.3) is 0 Å². The van der Waals surface area contributed by atoms with Gasteiger partial charge in [0.1, 0.15) is 0 Å². The molecule has 18 heavy (non-hydrogen) atoms. The predicted molar refractivity (Wildman–Crippen MR) is 80.4 cm³/mol. The lowest BCUT2D eigenvalue weighted by atomic mass is 9.92. The first kappa shape index (κ1) is 15.8. The highest BCUT2D eigenvalue weighted by molar-refractivity contribution is 6.30. The number of rotatable bonds is 3. The number of piperidine rings is 1. The molecule has 2 atom stereocenters. The standard InChI is InChI=1S/C14H21ClN2.ClH/c1-11(16)13-3-2-8-17(10-13)9-12-4-6-14(15)7-5-12;/h4-7,11,13H,2-3,8-10,16H2,1H3;1H. The molecule has 1 fully saturated rings. The number of likely N-dealkylation sites (tertiary alicyclic amines) is 1. The van der Waals surface area contributed by atoms with E-state index in [9.17, 15) is 0 Å². The largest absolute Gasteiger partial charge is 0.328 e. The van der Waals surface area contributed by atoms with Crippen LogP contribution in [0.5, 0.6) is 0 Å². The Morgan fingerprint density at radius 1 is 1.39 bits per heavy atom. The molecule has 1 saturated heterocycles. The smallest absolute Gasteiger partial charge is 0.0406 e. The summed E-state index contributed by atoms with van der Waals surface area (Å²) < 4.78 is 0. The van der Waals surface area contributed by atoms with Crippen LogP contribution in [-0.4, -0.2) is 24.0 Å². The van der Waals surface area contributed by atoms with Gasteiger partial charge in [-0.25, -0.2) is 0 Å². The quantitative estimate of drug-likeness (QED) is 0.925. The normalized spacial score (nSPS) is 22.3. The third-order valence-corrected chi connectivity index (χ3v) is 3.86. The van der Waals surface area contributed by atoms with Crippen molar-refractivity contribution in [3.05, 3.63) is 34.9 Å². The zero-order valence-electron chi connectivity index (χ0n) is 10.8. The molecule has 0 bridgehead atoms. The first-order chi connectivity index (χ1) is 8.15. The fourth-order valence-corrected chi connectivity index (χ4v) is 2.64. The van der Waals surface area contributed by atoms with E-state index in [1.54, 1.807) is 0 Å². The van der Waals surface area contributed by atoms with Crippen molar-refractivity contribution >= 4 is 24.0 Å². The Labute approximate surface area is 121 Å². The fourth-order valence-electron chi connectivity index (χ4n) is 2.51. The second-order valence-electron chi connectivity index (χ2n) is 5.12. The van der Waals surface area contributed by atoms with E-state index in [1.807, 2.05) is 12.1 Å². The number of nitrogens with zero attached hydrogens (tertiary/aromatic N) is 1. The molecule has 2 nitrogen and oxygen atoms in total. The van der Waals surface area contributed by atoms with Crippen molar-refractivity contribution in [3.8, 4) is 0 Å². The number of nitrogens with two attached hydrogens (primary N) is 1. The molecule has 1 aliphatic heterocycles. The van der Waals surface area contributed by atoms with E-state index in [4.69, 9.17) is 17.3 Å². The summed E-state index contributed by atoms with van der Waals surface area (Å²) in [6.07, 6.45) is 2.54. The van der Waals surface area contributed by atoms with Gasteiger partial charge in [0.2, 0.25) is 0 Å². The zero-order chi connectivity index (χ0) is 12.3. The topological polar surface area (TPSA) is 29.3 Å². The summed E-state index contributed by atoms with van der Waals surface area (Å²) in [6, 6.07) is 8.45. The molecular weight excluding hydrogens is 267 g/mol. The second-order valence-corrected chi connectivity index (χ2v) is 5.56. The lowest BCUT2D eigenvalue weighted by Gasteiger charge is -2.34. The number of hydrogen-bond acceptors (Lipinski definition) is 2. The second kappa shape index (κ2) is 7.34. The van der Waals surface area contributed by atoms with Gasteiger partial charge in [-0.15, -0.1) is 12.4 Å². The van der Waals surface area contributed by atoms with Crippen LogP contribution in [0.15, 0.2) is 24.3 Å². The number of benzene rings is 1. The molecule has 0 aliphatic carbocycles. The Morgan fingerprint density at radius 2 is 2.06 bits per heavy atom. The van der Waals surface area contributed by atoms with Crippen LogP contribution in [-0.2, 0) is 6.54 Å². The van der Waals surface area contributed by atoms with Gasteiger partial charge in [-0.2, -0.15) is 0 Å². The molecule has 1 heterocycles. The third-order valence-electron chi connectivity index (χ3n) is 3.60. The van der Waals surface area contributed by atoms with E-state index in [-0.39, 0.29) is 12.4 Å². The van der Waals surface area contributed by atoms with Crippen molar-refractivity contribution < 1.29 is 0 Å². The third kappa shape index (κ3) is 4.43. The summed E-state index contributed by atoms with van der Waals surface area (Å²) in [5, 5.41) is 0.806. The molecular formula is C14H22Cl2N2. The van der Waals surface area contributed by atoms with E-state index in [0.29, 0.717) is 12.0 Å². The maximum absolute atomic E-state index is 6.00. The van der Waals surface area contributed by atoms with Crippen molar-refractivity contribution in [1.29, 1.82) is 0 Å². The Kier molecular flexibility index (Phi) is 6.44. The molecule has 2 N–H and O–H groups in total. The Balaban J connectivity index is 0.00000162. The van der Waals surface area contributed by atoms with Crippen molar-refractivity contribution in [1.82, 2.24) is 4.90 Å². The van der Waals surface area contributed by atoms with Gasteiger partial charge in [-0.3, -0.25) is 4.90 Å². The van der Waals surface area contributed by atoms with Gasteiger partial charge in [-0.1, -0.05) is 23.7 Å². The van der Waals surface area contributed by atoms with Crippen LogP contribution < -0.4 is 5.73 Å². The van der Waals surface area contributed by atoms with Crippen molar-refractivity contribution in [2.24, 2.45) is 11.7 Å². The number of halogens is 2. The minimum atomic E-state index is 0. The molecule has 1 aromatic rings. The first-order valence-electron chi connectivity index (χ1n) is 6.37. The van der Waals surface area contributed by atoms with Gasteiger partial charge < -0.3 is 5.73 Å². The summed E-state index contributed by atoms with van der Waals surface area (Å²) in [5.41, 5.74) is 7.33. The van der Waals surface area contributed by atoms with Crippen molar-refractivity contribution in [2.75, 3.05) is 13.1 Å². The molecule has 0 saturated carbocycles. The molecule has 4 heteroatoms. The fraction of sp³-hybridized carbons (Fsp3) is 0.571. The maximum Gasteiger partial charge on any atom is 0.0406 e. The molecule has 2 unspecified atom stereocenters. The molecule has 1 aliphatic rings. The van der Waals surface area contributed by atoms with E-state index >= 15 is 0 Å². The SMILES string of the molecule is CC(N)C1CCCN(Cc2ccc(Cl)cc2)C1.Cl. The minimum Gasteiger partial charge on any atom is -0.328 e. The number of hydrogen-bond donors (Lipinski definition) is 1. The van der Waals surface area contributed by atoms with E-state index in [2.05, 4.69) is 24.0 Å². The molecule has 0 aromatic heterocycles. The highest BCUT2D eigenvalue weighted by Crippen LogP contribution is 2.21. The molecule has 0 spiro atoms. The average Bonchev–Trinajstić information content (AvgIpc) is 2.32. The van der Waals surface area contributed by atoms with Gasteiger partial charge >= 0.3 is 0 Å². The van der Waals surface area contributed by atoms with Crippen LogP contribution in [0.25, 0.3) is 0 Å². The molecule has 102 valence electrons. The summed E-state index contributed by atoms with van der Waals surface area (Å²) in [7, 11) is 0. The van der Waals surface area contributed by atoms with Crippen molar-refractivity contribution in [3.63, 3.8) is 0 Å². The molecule has 1 aromatic carbocycles. The van der Waals surface area contributed by atoms with Crippen LogP contribution in [0.1, 0.15) is 25.3 Å². The Hall–Kier alpha value is -0.280. The first-order valence-corrected chi connectivity index (χ1v) is 6.75. The lowest BCUT2D eigenvalue weighted by molar-refractivity contribution is 0.154. The van der Waals surface area contributed by atoms with E-state index < -0.39 is 0 Å². The predicted octanol–water partition coefficient (Wildman–Crippen LogP) is 3.32. The van der Waals surface area contributed by atoms with Crippen LogP contribution >= 0.6 is 24.0 Å². The van der Waals surface area contributed by atoms with Gasteiger partial charge in [0, 0.05) is 24.2 Å². The average molecular weight is 289 g/mol. The Bertz CT molecular complexity index is 351. The molecule has 0 radical (unpaired) electrons. The maximum atomic E-state index is 6.00. The summed E-state index contributed by atoms with van der Waals surface area (Å²) in [4.78, 5) is 2.50. The van der Waals surface area contributed by atoms with Crippen LogP contribution in [0.4, 0.5) is 0 Å². The van der Waals surface area contributed by atoms with Gasteiger partial charge in [-0.05, 0) is 49.9 Å². The van der Waals surface area contributed by atoms with E-state index in [0.717, 1.165) is 18.1 Å². The van der Waals surface area contributed by atoms with Gasteiger partial charge in [0.05, 0.1) is 0 Å². The van der Waals surface area contributed by atoms with Crippen LogP contribution in [0.3, 0.4) is 0 Å². The lowest BCUT2D eigenvalue weighted by Crippen LogP contribution is -2.41. The Morgan fingerprint density at radius 3 is 2.67 bits per heavy atom. The monoisotopic (exact) mass is 288 g/mol. The highest BCUT2D eigenvalue weighted by atomic mass is 35.5. The van der Waals surface area contributed by atoms with Crippen LogP contribution in [0.2, 0.25) is 5.02 Å². The van der Waals surface area contributed by atoms with E-state index in [1.165, 1.54) is 24.9 Å². The van der Waals surface area contributed by atoms with Crippen LogP contribution in [0, 0.1) is 5.92 Å². The van der Waals surface area contributed by atoms with Crippen molar-refractivity contribution in [2.45, 2.75) is 32.4 Å². The summed E-state index contributed by atoms with van der Waals surface area (Å²) >= 11 is 5.89. The molecule has 0 amide bonds. The molecule has 2 rings (SSSR count). The van der Waals surface area contributed by atoms with Gasteiger partial charge in [0.15, 0.2) is 0 Å². The summed E-state index contributed by atoms with van der Waals surface area (Å²) in [6.45, 7) is 5.45.